The van der Waals surface area contributed by atoms with E-state index < -0.39 is 0 Å². The van der Waals surface area contributed by atoms with Gasteiger partial charge in [-0.05, 0) is 19.4 Å². The molecule has 0 aromatic heterocycles. The topological polar surface area (TPSA) is 49.5 Å². The summed E-state index contributed by atoms with van der Waals surface area (Å²) in [6.45, 7) is 1.44. The van der Waals surface area contributed by atoms with E-state index in [9.17, 15) is 0 Å². The SMILES string of the molecule is CN(O)CCCCN. The van der Waals surface area contributed by atoms with Crippen molar-refractivity contribution in [2.45, 2.75) is 12.8 Å². The van der Waals surface area contributed by atoms with Crippen molar-refractivity contribution in [2.75, 3.05) is 20.1 Å². The lowest BCUT2D eigenvalue weighted by Crippen LogP contribution is -2.14. The van der Waals surface area contributed by atoms with Crippen molar-refractivity contribution in [3.8, 4) is 0 Å². The summed E-state index contributed by atoms with van der Waals surface area (Å²) in [6, 6.07) is 0. The monoisotopic (exact) mass is 118 g/mol. The van der Waals surface area contributed by atoms with Crippen LogP contribution >= 0.6 is 0 Å². The molecule has 3 N–H and O–H groups in total. The highest BCUT2D eigenvalue weighted by Gasteiger charge is 1.88. The Balaban J connectivity index is 2.72. The summed E-state index contributed by atoms with van der Waals surface area (Å²) in [5.74, 6) is 0. The first-order valence-corrected chi connectivity index (χ1v) is 2.87. The van der Waals surface area contributed by atoms with Crippen molar-refractivity contribution >= 4 is 0 Å². The van der Waals surface area contributed by atoms with Gasteiger partial charge in [-0.3, -0.25) is 0 Å². The van der Waals surface area contributed by atoms with E-state index >= 15 is 0 Å². The molecule has 50 valence electrons. The van der Waals surface area contributed by atoms with Crippen molar-refractivity contribution in [3.63, 3.8) is 0 Å². The van der Waals surface area contributed by atoms with Crippen LogP contribution in [0.25, 0.3) is 0 Å². The summed E-state index contributed by atoms with van der Waals surface area (Å²) >= 11 is 0. The van der Waals surface area contributed by atoms with Gasteiger partial charge >= 0.3 is 0 Å². The van der Waals surface area contributed by atoms with Crippen molar-refractivity contribution in [1.29, 1.82) is 0 Å². The van der Waals surface area contributed by atoms with E-state index in [2.05, 4.69) is 0 Å². The van der Waals surface area contributed by atoms with Crippen LogP contribution in [0.1, 0.15) is 12.8 Å². The van der Waals surface area contributed by atoms with E-state index in [-0.39, 0.29) is 0 Å². The van der Waals surface area contributed by atoms with Crippen LogP contribution in [0.15, 0.2) is 0 Å². The van der Waals surface area contributed by atoms with Gasteiger partial charge in [-0.15, -0.1) is 0 Å². The van der Waals surface area contributed by atoms with Gasteiger partial charge in [0, 0.05) is 13.6 Å². The Bertz CT molecular complexity index is 47.7. The highest BCUT2D eigenvalue weighted by molar-refractivity contribution is 4.41. The van der Waals surface area contributed by atoms with Gasteiger partial charge in [0.2, 0.25) is 0 Å². The molecule has 0 heterocycles. The summed E-state index contributed by atoms with van der Waals surface area (Å²) in [5.41, 5.74) is 5.21. The van der Waals surface area contributed by atoms with Gasteiger partial charge in [0.15, 0.2) is 0 Å². The summed E-state index contributed by atoms with van der Waals surface area (Å²) in [5, 5.41) is 9.75. The minimum Gasteiger partial charge on any atom is -0.330 e. The average Bonchev–Trinajstić information content (AvgIpc) is 1.66. The normalized spacial score (nSPS) is 10.5. The first-order valence-electron chi connectivity index (χ1n) is 2.87. The van der Waals surface area contributed by atoms with Crippen molar-refractivity contribution < 1.29 is 5.21 Å². The van der Waals surface area contributed by atoms with Gasteiger partial charge in [0.05, 0.1) is 0 Å². The first kappa shape index (κ1) is 7.88. The standard InChI is InChI=1S/C5H14N2O/c1-7(8)5-3-2-4-6/h8H,2-6H2,1H3. The molecule has 0 spiro atoms. The van der Waals surface area contributed by atoms with Crippen LogP contribution in [-0.4, -0.2) is 30.4 Å². The maximum atomic E-state index is 8.57. The lowest BCUT2D eigenvalue weighted by molar-refractivity contribution is -0.0653. The highest BCUT2D eigenvalue weighted by atomic mass is 16.5. The Hall–Kier alpha value is -0.120. The number of hydrogen-bond acceptors (Lipinski definition) is 3. The molecule has 0 saturated carbocycles. The van der Waals surface area contributed by atoms with Crippen LogP contribution in [0, 0.1) is 0 Å². The fourth-order valence-electron chi connectivity index (χ4n) is 0.485. The zero-order valence-electron chi connectivity index (χ0n) is 5.30. The van der Waals surface area contributed by atoms with E-state index in [1.165, 1.54) is 5.06 Å². The quantitative estimate of drug-likeness (QED) is 0.405. The van der Waals surface area contributed by atoms with Crippen LogP contribution in [-0.2, 0) is 0 Å². The molecule has 0 bridgehead atoms. The van der Waals surface area contributed by atoms with Crippen LogP contribution in [0.3, 0.4) is 0 Å². The summed E-state index contributed by atoms with van der Waals surface area (Å²) in [7, 11) is 1.64. The first-order chi connectivity index (χ1) is 3.77. The second-order valence-electron chi connectivity index (χ2n) is 1.88. The molecule has 0 aliphatic heterocycles. The van der Waals surface area contributed by atoms with Gasteiger partial charge < -0.3 is 10.9 Å². The van der Waals surface area contributed by atoms with Crippen molar-refractivity contribution in [2.24, 2.45) is 5.73 Å². The number of hydroxylamine groups is 2. The largest absolute Gasteiger partial charge is 0.330 e. The Labute approximate surface area is 50.0 Å². The zero-order chi connectivity index (χ0) is 6.41. The number of nitrogens with two attached hydrogens (primary N) is 1. The average molecular weight is 118 g/mol. The predicted molar refractivity (Wildman–Crippen MR) is 32.7 cm³/mol. The Kier molecular flexibility index (Phi) is 4.95. The molecule has 0 aromatic rings. The molecule has 0 amide bonds. The lowest BCUT2D eigenvalue weighted by Gasteiger charge is -2.05. The molecule has 8 heavy (non-hydrogen) atoms. The second-order valence-corrected chi connectivity index (χ2v) is 1.88. The maximum Gasteiger partial charge on any atom is 0.0235 e. The summed E-state index contributed by atoms with van der Waals surface area (Å²) < 4.78 is 0. The van der Waals surface area contributed by atoms with E-state index in [1.807, 2.05) is 0 Å². The van der Waals surface area contributed by atoms with E-state index in [1.54, 1.807) is 7.05 Å². The predicted octanol–water partition coefficient (Wildman–Crippen LogP) is 0.0463. The molecule has 0 rings (SSSR count). The van der Waals surface area contributed by atoms with Crippen LogP contribution < -0.4 is 5.73 Å². The summed E-state index contributed by atoms with van der Waals surface area (Å²) in [4.78, 5) is 0. The second kappa shape index (κ2) is 5.03. The van der Waals surface area contributed by atoms with Crippen LogP contribution in [0.4, 0.5) is 0 Å². The molecule has 0 aliphatic rings. The Morgan fingerprint density at radius 3 is 2.50 bits per heavy atom. The third kappa shape index (κ3) is 5.88. The van der Waals surface area contributed by atoms with Gasteiger partial charge in [-0.25, -0.2) is 0 Å². The molecule has 3 nitrogen and oxygen atoms in total. The number of unbranched alkanes of at least 4 members (excludes halogenated alkanes) is 1. The molecule has 0 aliphatic carbocycles. The number of nitrogens with zero attached hydrogens (tertiary/aromatic N) is 1. The van der Waals surface area contributed by atoms with E-state index in [0.717, 1.165) is 19.4 Å². The molecule has 0 saturated heterocycles. The number of rotatable bonds is 4. The van der Waals surface area contributed by atoms with Crippen LogP contribution in [0.2, 0.25) is 0 Å². The molecule has 0 radical (unpaired) electrons. The lowest BCUT2D eigenvalue weighted by atomic mass is 10.3. The third-order valence-electron chi connectivity index (χ3n) is 0.936. The summed E-state index contributed by atoms with van der Waals surface area (Å²) in [6.07, 6.45) is 1.97. The Morgan fingerprint density at radius 2 is 2.12 bits per heavy atom. The van der Waals surface area contributed by atoms with Crippen molar-refractivity contribution in [1.82, 2.24) is 5.06 Å². The molecular weight excluding hydrogens is 104 g/mol. The highest BCUT2D eigenvalue weighted by Crippen LogP contribution is 1.85. The minimum absolute atomic E-state index is 0.716. The van der Waals surface area contributed by atoms with Gasteiger partial charge in [-0.2, -0.15) is 5.06 Å². The molecular formula is C5H14N2O. The Morgan fingerprint density at radius 1 is 1.50 bits per heavy atom. The molecule has 3 heteroatoms. The molecule has 0 fully saturated rings. The minimum atomic E-state index is 0.716. The van der Waals surface area contributed by atoms with Gasteiger partial charge in [-0.1, -0.05) is 0 Å². The van der Waals surface area contributed by atoms with E-state index in [0.29, 0.717) is 6.54 Å². The molecule has 0 atom stereocenters. The van der Waals surface area contributed by atoms with Gasteiger partial charge in [0.25, 0.3) is 0 Å². The zero-order valence-corrected chi connectivity index (χ0v) is 5.30. The maximum absolute atomic E-state index is 8.57. The number of hydrogen-bond donors (Lipinski definition) is 2. The fourth-order valence-corrected chi connectivity index (χ4v) is 0.485. The van der Waals surface area contributed by atoms with Gasteiger partial charge in [0.1, 0.15) is 0 Å². The van der Waals surface area contributed by atoms with Crippen LogP contribution in [0.5, 0.6) is 0 Å². The smallest absolute Gasteiger partial charge is 0.0235 e. The van der Waals surface area contributed by atoms with Crippen molar-refractivity contribution in [3.05, 3.63) is 0 Å². The fraction of sp³-hybridized carbons (Fsp3) is 1.00. The molecule has 0 aromatic carbocycles. The molecule has 0 unspecified atom stereocenters. The third-order valence-corrected chi connectivity index (χ3v) is 0.936. The van der Waals surface area contributed by atoms with E-state index in [4.69, 9.17) is 10.9 Å².